The number of hydrogen-bond acceptors (Lipinski definition) is 7. The number of rotatable bonds is 4. The van der Waals surface area contributed by atoms with Crippen LogP contribution in [0.5, 0.6) is 0 Å². The Kier molecular flexibility index (Phi) is 4.45. The molecule has 6 rings (SSSR count). The molecule has 5 aromatic rings. The lowest BCUT2D eigenvalue weighted by Gasteiger charge is -2.45. The predicted octanol–water partition coefficient (Wildman–Crippen LogP) is 2.77. The van der Waals surface area contributed by atoms with Crippen molar-refractivity contribution in [1.82, 2.24) is 34.3 Å². The smallest absolute Gasteiger partial charge is 0.261 e. The van der Waals surface area contributed by atoms with Crippen molar-refractivity contribution in [3.63, 3.8) is 0 Å². The van der Waals surface area contributed by atoms with Gasteiger partial charge in [0, 0.05) is 38.1 Å². The third kappa shape index (κ3) is 3.39. The number of fused-ring (bicyclic) bond motifs is 5. The van der Waals surface area contributed by atoms with E-state index in [9.17, 15) is 9.59 Å². The predicted molar refractivity (Wildman–Crippen MR) is 132 cm³/mol. The summed E-state index contributed by atoms with van der Waals surface area (Å²) in [6.07, 6.45) is 5.49. The number of anilines is 1. The highest BCUT2D eigenvalue weighted by Gasteiger charge is 2.34. The first-order chi connectivity index (χ1) is 16.2. The molecule has 174 valence electrons. The number of carbonyl (C=O) groups excluding carboxylic acids is 1. The van der Waals surface area contributed by atoms with Gasteiger partial charge in [-0.2, -0.15) is 10.2 Å². The maximum atomic E-state index is 13.0. The highest BCUT2D eigenvalue weighted by Crippen LogP contribution is 2.34. The zero-order valence-corrected chi connectivity index (χ0v) is 20.2. The molecule has 0 radical (unpaired) electrons. The highest BCUT2D eigenvalue weighted by atomic mass is 32.1. The van der Waals surface area contributed by atoms with Gasteiger partial charge in [0.25, 0.3) is 5.56 Å². The van der Waals surface area contributed by atoms with Gasteiger partial charge in [-0.05, 0) is 18.4 Å². The number of H-pyrrole nitrogens is 1. The molecule has 11 heteroatoms. The van der Waals surface area contributed by atoms with E-state index >= 15 is 0 Å². The van der Waals surface area contributed by atoms with Gasteiger partial charge < -0.3 is 10.3 Å². The van der Waals surface area contributed by atoms with E-state index in [2.05, 4.69) is 44.2 Å². The number of likely N-dealkylation sites (tertiary alicyclic amines) is 1. The Labute approximate surface area is 198 Å². The molecule has 0 spiro atoms. The van der Waals surface area contributed by atoms with Crippen molar-refractivity contribution in [3.05, 3.63) is 40.7 Å². The molecular weight excluding hydrogens is 452 g/mol. The summed E-state index contributed by atoms with van der Waals surface area (Å²) in [6.45, 7) is 8.48. The van der Waals surface area contributed by atoms with Crippen molar-refractivity contribution in [2.75, 3.05) is 25.0 Å². The first-order valence-corrected chi connectivity index (χ1v) is 11.9. The van der Waals surface area contributed by atoms with Crippen molar-refractivity contribution in [1.29, 1.82) is 0 Å². The Hall–Kier alpha value is -3.57. The molecule has 0 aliphatic carbocycles. The Bertz CT molecular complexity index is 1660. The minimum absolute atomic E-state index is 0.0965. The molecule has 5 aromatic heterocycles. The van der Waals surface area contributed by atoms with Gasteiger partial charge in [-0.15, -0.1) is 11.3 Å². The van der Waals surface area contributed by atoms with Gasteiger partial charge in [-0.1, -0.05) is 13.8 Å². The van der Waals surface area contributed by atoms with E-state index in [0.29, 0.717) is 34.2 Å². The Morgan fingerprint density at radius 1 is 1.24 bits per heavy atom. The lowest BCUT2D eigenvalue weighted by atomic mass is 9.84. The van der Waals surface area contributed by atoms with Crippen molar-refractivity contribution in [2.24, 2.45) is 12.5 Å². The van der Waals surface area contributed by atoms with Crippen LogP contribution in [0.25, 0.3) is 37.2 Å². The standard InChI is InChI=1S/C23H24N8O2S/c1-12-14(7-29(4)27-12)16-8-31-22(34-16)18-20(28-31)19-15(26-21(18)33)5-13(6-24-19)25-17(32)9-30-10-23(2,3)11-30/h5-8H,9-11H2,1-4H3,(H,25,32)(H,26,33). The zero-order chi connectivity index (χ0) is 23.8. The fourth-order valence-corrected chi connectivity index (χ4v) is 6.01. The van der Waals surface area contributed by atoms with E-state index < -0.39 is 0 Å². The van der Waals surface area contributed by atoms with Crippen molar-refractivity contribution >= 4 is 49.7 Å². The summed E-state index contributed by atoms with van der Waals surface area (Å²) >= 11 is 1.50. The van der Waals surface area contributed by atoms with Crippen LogP contribution >= 0.6 is 11.3 Å². The first kappa shape index (κ1) is 21.0. The van der Waals surface area contributed by atoms with E-state index in [1.54, 1.807) is 21.5 Å². The topological polar surface area (TPSA) is 113 Å². The summed E-state index contributed by atoms with van der Waals surface area (Å²) in [6, 6.07) is 1.74. The average Bonchev–Trinajstić information content (AvgIpc) is 3.38. The third-order valence-corrected chi connectivity index (χ3v) is 7.26. The molecule has 1 fully saturated rings. The zero-order valence-electron chi connectivity index (χ0n) is 19.3. The molecule has 2 N–H and O–H groups in total. The maximum absolute atomic E-state index is 13.0. The quantitative estimate of drug-likeness (QED) is 0.412. The molecule has 34 heavy (non-hydrogen) atoms. The number of hydrogen-bond donors (Lipinski definition) is 2. The van der Waals surface area contributed by atoms with Crippen LogP contribution in [0.3, 0.4) is 0 Å². The summed E-state index contributed by atoms with van der Waals surface area (Å²) in [5.74, 6) is -0.0965. The third-order valence-electron chi connectivity index (χ3n) is 6.13. The van der Waals surface area contributed by atoms with Gasteiger partial charge in [0.1, 0.15) is 21.3 Å². The van der Waals surface area contributed by atoms with Gasteiger partial charge in [0.05, 0.1) is 34.5 Å². The first-order valence-electron chi connectivity index (χ1n) is 11.0. The fourth-order valence-electron chi connectivity index (χ4n) is 4.86. The summed E-state index contributed by atoms with van der Waals surface area (Å²) in [5.41, 5.74) is 4.19. The number of aromatic amines is 1. The SMILES string of the molecule is Cc1nn(C)cc1-c1cn2nc3c4ncc(NC(=O)CN5CC(C)(C)C5)cc4[nH]c(=O)c3c2s1. The van der Waals surface area contributed by atoms with Crippen molar-refractivity contribution < 1.29 is 4.79 Å². The Morgan fingerprint density at radius 3 is 2.74 bits per heavy atom. The molecule has 0 bridgehead atoms. The fraction of sp³-hybridized carbons (Fsp3) is 0.348. The van der Waals surface area contributed by atoms with Gasteiger partial charge in [0.2, 0.25) is 5.91 Å². The summed E-state index contributed by atoms with van der Waals surface area (Å²) in [5, 5.41) is 12.5. The number of thiazole rings is 1. The molecule has 0 saturated carbocycles. The number of amides is 1. The van der Waals surface area contributed by atoms with E-state index in [1.165, 1.54) is 11.3 Å². The normalized spacial score (nSPS) is 15.9. The second-order valence-corrected chi connectivity index (χ2v) is 10.8. The molecule has 1 amide bonds. The average molecular weight is 477 g/mol. The number of pyridine rings is 2. The van der Waals surface area contributed by atoms with Crippen molar-refractivity contribution in [3.8, 4) is 10.4 Å². The van der Waals surface area contributed by atoms with Crippen LogP contribution in [0.1, 0.15) is 19.5 Å². The molecule has 0 aromatic carbocycles. The van der Waals surface area contributed by atoms with Gasteiger partial charge in [0.15, 0.2) is 0 Å². The van der Waals surface area contributed by atoms with E-state index in [0.717, 1.165) is 34.1 Å². The Balaban J connectivity index is 1.34. The van der Waals surface area contributed by atoms with Gasteiger partial charge >= 0.3 is 0 Å². The van der Waals surface area contributed by atoms with Crippen LogP contribution in [-0.4, -0.2) is 59.8 Å². The number of aryl methyl sites for hydroxylation is 2. The minimum atomic E-state index is -0.234. The number of aromatic nitrogens is 6. The largest absolute Gasteiger partial charge is 0.324 e. The lowest BCUT2D eigenvalue weighted by Crippen LogP contribution is -2.54. The molecule has 6 heterocycles. The molecule has 0 unspecified atom stereocenters. The summed E-state index contributed by atoms with van der Waals surface area (Å²) in [4.78, 5) is 36.8. The molecule has 1 aliphatic heterocycles. The van der Waals surface area contributed by atoms with Crippen LogP contribution in [-0.2, 0) is 11.8 Å². The second kappa shape index (κ2) is 7.21. The minimum Gasteiger partial charge on any atom is -0.324 e. The number of nitrogens with zero attached hydrogens (tertiary/aromatic N) is 6. The van der Waals surface area contributed by atoms with Crippen LogP contribution in [0.2, 0.25) is 0 Å². The molecule has 10 nitrogen and oxygen atoms in total. The number of nitrogens with one attached hydrogen (secondary N) is 2. The monoisotopic (exact) mass is 476 g/mol. The van der Waals surface area contributed by atoms with E-state index in [-0.39, 0.29) is 16.9 Å². The van der Waals surface area contributed by atoms with Gasteiger partial charge in [-0.3, -0.25) is 24.2 Å². The maximum Gasteiger partial charge on any atom is 0.261 e. The van der Waals surface area contributed by atoms with Crippen LogP contribution in [0, 0.1) is 12.3 Å². The van der Waals surface area contributed by atoms with E-state index in [1.807, 2.05) is 26.4 Å². The molecular formula is C23H24N8O2S. The number of carbonyl (C=O) groups is 1. The Morgan fingerprint density at radius 2 is 2.03 bits per heavy atom. The van der Waals surface area contributed by atoms with E-state index in [4.69, 9.17) is 0 Å². The van der Waals surface area contributed by atoms with Crippen LogP contribution in [0.4, 0.5) is 5.69 Å². The highest BCUT2D eigenvalue weighted by molar-refractivity contribution is 7.21. The molecule has 1 saturated heterocycles. The molecule has 0 atom stereocenters. The van der Waals surface area contributed by atoms with Gasteiger partial charge in [-0.25, -0.2) is 4.52 Å². The van der Waals surface area contributed by atoms with Crippen LogP contribution in [0.15, 0.2) is 29.5 Å². The molecule has 1 aliphatic rings. The lowest BCUT2D eigenvalue weighted by molar-refractivity contribution is -0.120. The summed E-state index contributed by atoms with van der Waals surface area (Å²) in [7, 11) is 1.88. The van der Waals surface area contributed by atoms with Crippen molar-refractivity contribution in [2.45, 2.75) is 20.8 Å². The van der Waals surface area contributed by atoms with Crippen LogP contribution < -0.4 is 10.9 Å². The summed E-state index contributed by atoms with van der Waals surface area (Å²) < 4.78 is 3.51. The second-order valence-electron chi connectivity index (χ2n) is 9.80.